The van der Waals surface area contributed by atoms with E-state index in [-0.39, 0.29) is 27.4 Å². The van der Waals surface area contributed by atoms with Gasteiger partial charge in [0, 0.05) is 35.2 Å². The molecule has 3 rings (SSSR count). The van der Waals surface area contributed by atoms with Gasteiger partial charge in [0.2, 0.25) is 17.2 Å². The quantitative estimate of drug-likeness (QED) is 0.507. The van der Waals surface area contributed by atoms with Gasteiger partial charge in [0.05, 0.1) is 0 Å². The average Bonchev–Trinajstić information content (AvgIpc) is 2.52. The van der Waals surface area contributed by atoms with E-state index in [0.717, 1.165) is 38.8 Å². The van der Waals surface area contributed by atoms with Crippen molar-refractivity contribution in [3.05, 3.63) is 5.28 Å². The second kappa shape index (κ2) is 8.64. The van der Waals surface area contributed by atoms with E-state index in [1.165, 1.54) is 0 Å². The molecule has 176 valence electrons. The Labute approximate surface area is 193 Å². The van der Waals surface area contributed by atoms with Gasteiger partial charge in [-0.3, -0.25) is 0 Å². The number of nitrogens with one attached hydrogen (secondary N) is 4. The molecule has 4 N–H and O–H groups in total. The summed E-state index contributed by atoms with van der Waals surface area (Å²) < 4.78 is 0. The molecule has 0 saturated carbocycles. The average molecular weight is 452 g/mol. The number of rotatable bonds is 6. The summed E-state index contributed by atoms with van der Waals surface area (Å²) in [5, 5.41) is 14.5. The molecule has 0 bridgehead atoms. The van der Waals surface area contributed by atoms with Gasteiger partial charge >= 0.3 is 0 Å². The first-order valence-corrected chi connectivity index (χ1v) is 12.0. The third-order valence-electron chi connectivity index (χ3n) is 6.26. The minimum atomic E-state index is 0.119. The van der Waals surface area contributed by atoms with Gasteiger partial charge in [-0.15, -0.1) is 0 Å². The highest BCUT2D eigenvalue weighted by atomic mass is 35.5. The number of hydrogen-bond acceptors (Lipinski definition) is 7. The van der Waals surface area contributed by atoms with Gasteiger partial charge in [0.15, 0.2) is 0 Å². The zero-order chi connectivity index (χ0) is 23.1. The first kappa shape index (κ1) is 24.5. The molecule has 1 aromatic heterocycles. The van der Waals surface area contributed by atoms with E-state index < -0.39 is 0 Å². The summed E-state index contributed by atoms with van der Waals surface area (Å²) in [7, 11) is 0. The summed E-state index contributed by atoms with van der Waals surface area (Å²) in [4.78, 5) is 13.2. The summed E-state index contributed by atoms with van der Waals surface area (Å²) in [5.41, 5.74) is 0.476. The second-order valence-electron chi connectivity index (χ2n) is 12.3. The third kappa shape index (κ3) is 7.43. The molecule has 31 heavy (non-hydrogen) atoms. The smallest absolute Gasteiger partial charge is 0.228 e. The lowest BCUT2D eigenvalue weighted by Gasteiger charge is -2.46. The van der Waals surface area contributed by atoms with Crippen molar-refractivity contribution < 1.29 is 0 Å². The zero-order valence-electron chi connectivity index (χ0n) is 20.6. The molecule has 0 unspecified atom stereocenters. The largest absolute Gasteiger partial charge is 0.354 e. The molecular weight excluding hydrogens is 410 g/mol. The van der Waals surface area contributed by atoms with Gasteiger partial charge in [-0.25, -0.2) is 0 Å². The predicted octanol–water partition coefficient (Wildman–Crippen LogP) is 4.46. The molecule has 3 heterocycles. The first-order chi connectivity index (χ1) is 14.1. The highest BCUT2D eigenvalue weighted by molar-refractivity contribution is 6.28. The highest BCUT2D eigenvalue weighted by Crippen LogP contribution is 2.34. The van der Waals surface area contributed by atoms with E-state index in [2.05, 4.69) is 91.6 Å². The second-order valence-corrected chi connectivity index (χ2v) is 12.7. The molecular formula is C23H42ClN7. The molecule has 0 radical (unpaired) electrons. The molecule has 7 nitrogen and oxygen atoms in total. The van der Waals surface area contributed by atoms with Crippen LogP contribution in [0.25, 0.3) is 0 Å². The van der Waals surface area contributed by atoms with Crippen molar-refractivity contribution >= 4 is 23.5 Å². The SMILES string of the molecule is CC1(C)CC(CNc2nc(Cl)nc(NCC3CC(C)(C)NC(C)(C)C3)n2)CC(C)(C)N1. The van der Waals surface area contributed by atoms with E-state index in [1.54, 1.807) is 0 Å². The van der Waals surface area contributed by atoms with Gasteiger partial charge in [-0.1, -0.05) is 0 Å². The van der Waals surface area contributed by atoms with Crippen molar-refractivity contribution in [2.45, 2.75) is 103 Å². The molecule has 1 aromatic rings. The van der Waals surface area contributed by atoms with Crippen LogP contribution in [0.3, 0.4) is 0 Å². The van der Waals surface area contributed by atoms with Crippen molar-refractivity contribution in [2.75, 3.05) is 23.7 Å². The number of nitrogens with zero attached hydrogens (tertiary/aromatic N) is 3. The summed E-state index contributed by atoms with van der Waals surface area (Å²) in [6.07, 6.45) is 4.42. The Morgan fingerprint density at radius 1 is 0.677 bits per heavy atom. The molecule has 2 aliphatic heterocycles. The van der Waals surface area contributed by atoms with Gasteiger partial charge in [0.1, 0.15) is 0 Å². The maximum Gasteiger partial charge on any atom is 0.228 e. The Bertz CT molecular complexity index is 683. The molecule has 2 aliphatic rings. The lowest BCUT2D eigenvalue weighted by molar-refractivity contribution is 0.134. The van der Waals surface area contributed by atoms with Crippen LogP contribution in [-0.2, 0) is 0 Å². The number of halogens is 1. The minimum absolute atomic E-state index is 0.119. The Morgan fingerprint density at radius 2 is 1.00 bits per heavy atom. The van der Waals surface area contributed by atoms with E-state index >= 15 is 0 Å². The van der Waals surface area contributed by atoms with Crippen LogP contribution in [0.2, 0.25) is 5.28 Å². The van der Waals surface area contributed by atoms with Gasteiger partial charge in [-0.2, -0.15) is 15.0 Å². The zero-order valence-corrected chi connectivity index (χ0v) is 21.4. The van der Waals surface area contributed by atoms with Gasteiger partial charge in [0.25, 0.3) is 0 Å². The van der Waals surface area contributed by atoms with E-state index in [4.69, 9.17) is 11.6 Å². The predicted molar refractivity (Wildman–Crippen MR) is 130 cm³/mol. The van der Waals surface area contributed by atoms with Crippen LogP contribution in [0.15, 0.2) is 0 Å². The monoisotopic (exact) mass is 451 g/mol. The van der Waals surface area contributed by atoms with Crippen molar-refractivity contribution in [3.8, 4) is 0 Å². The third-order valence-corrected chi connectivity index (χ3v) is 6.42. The lowest BCUT2D eigenvalue weighted by atomic mass is 9.76. The molecule has 2 saturated heterocycles. The fraction of sp³-hybridized carbons (Fsp3) is 0.870. The number of hydrogen-bond donors (Lipinski definition) is 4. The van der Waals surface area contributed by atoms with Crippen LogP contribution >= 0.6 is 11.6 Å². The maximum absolute atomic E-state index is 6.21. The number of piperidine rings is 2. The summed E-state index contributed by atoms with van der Waals surface area (Å²) >= 11 is 6.21. The Kier molecular flexibility index (Phi) is 6.82. The maximum atomic E-state index is 6.21. The first-order valence-electron chi connectivity index (χ1n) is 11.6. The van der Waals surface area contributed by atoms with Gasteiger partial charge < -0.3 is 21.3 Å². The van der Waals surface area contributed by atoms with Crippen LogP contribution in [0, 0.1) is 11.8 Å². The summed E-state index contributed by atoms with van der Waals surface area (Å²) in [6.45, 7) is 19.8. The van der Waals surface area contributed by atoms with E-state index in [1.807, 2.05) is 0 Å². The molecule has 8 heteroatoms. The summed E-state index contributed by atoms with van der Waals surface area (Å²) in [6, 6.07) is 0. The highest BCUT2D eigenvalue weighted by Gasteiger charge is 2.38. The molecule has 0 atom stereocenters. The molecule has 2 fully saturated rings. The Balaban J connectivity index is 1.59. The molecule has 0 aromatic carbocycles. The van der Waals surface area contributed by atoms with Crippen molar-refractivity contribution in [2.24, 2.45) is 11.8 Å². The van der Waals surface area contributed by atoms with Crippen LogP contribution in [0.1, 0.15) is 81.1 Å². The standard InChI is InChI=1S/C23H42ClN7/c1-20(2)9-15(10-21(3,4)30-20)13-25-18-27-17(24)28-19(29-18)26-14-16-11-22(5,6)31-23(7,8)12-16/h15-16,30-31H,9-14H2,1-8H3,(H2,25,26,27,28,29). The number of anilines is 2. The van der Waals surface area contributed by atoms with Crippen LogP contribution in [0.4, 0.5) is 11.9 Å². The molecule has 0 spiro atoms. The number of aromatic nitrogens is 3. The van der Waals surface area contributed by atoms with Crippen molar-refractivity contribution in [1.82, 2.24) is 25.6 Å². The fourth-order valence-electron chi connectivity index (χ4n) is 6.34. The normalized spacial score (nSPS) is 25.2. The summed E-state index contributed by atoms with van der Waals surface area (Å²) in [5.74, 6) is 2.17. The Morgan fingerprint density at radius 3 is 1.32 bits per heavy atom. The fourth-order valence-corrected chi connectivity index (χ4v) is 6.50. The molecule has 0 aliphatic carbocycles. The lowest BCUT2D eigenvalue weighted by Crippen LogP contribution is -2.58. The van der Waals surface area contributed by atoms with Crippen LogP contribution in [-0.4, -0.2) is 50.2 Å². The van der Waals surface area contributed by atoms with E-state index in [0.29, 0.717) is 23.7 Å². The van der Waals surface area contributed by atoms with Crippen LogP contribution in [0.5, 0.6) is 0 Å². The van der Waals surface area contributed by atoms with Crippen molar-refractivity contribution in [1.29, 1.82) is 0 Å². The minimum Gasteiger partial charge on any atom is -0.354 e. The Hall–Kier alpha value is -1.18. The van der Waals surface area contributed by atoms with Crippen molar-refractivity contribution in [3.63, 3.8) is 0 Å². The topological polar surface area (TPSA) is 86.8 Å². The van der Waals surface area contributed by atoms with Crippen LogP contribution < -0.4 is 21.3 Å². The molecule has 0 amide bonds. The van der Waals surface area contributed by atoms with Gasteiger partial charge in [-0.05, 0) is 105 Å². The van der Waals surface area contributed by atoms with E-state index in [9.17, 15) is 0 Å².